The summed E-state index contributed by atoms with van der Waals surface area (Å²) in [7, 11) is 0. The van der Waals surface area contributed by atoms with Crippen molar-refractivity contribution in [3.63, 3.8) is 0 Å². The zero-order valence-electron chi connectivity index (χ0n) is 11.1. The van der Waals surface area contributed by atoms with Crippen LogP contribution >= 0.6 is 0 Å². The van der Waals surface area contributed by atoms with Gasteiger partial charge in [0, 0.05) is 19.1 Å². The molecule has 98 valence electrons. The van der Waals surface area contributed by atoms with Gasteiger partial charge in [0.25, 0.3) is 0 Å². The zero-order chi connectivity index (χ0) is 12.7. The molecule has 2 rings (SSSR count). The van der Waals surface area contributed by atoms with Crippen LogP contribution in [-0.4, -0.2) is 47.2 Å². The first-order valence-corrected chi connectivity index (χ1v) is 6.54. The Kier molecular flexibility index (Phi) is 3.21. The van der Waals surface area contributed by atoms with Crippen LogP contribution in [0.15, 0.2) is 0 Å². The number of nitrogens with zero attached hydrogens (tertiary/aromatic N) is 1. The lowest BCUT2D eigenvalue weighted by atomic mass is 9.93. The van der Waals surface area contributed by atoms with Crippen molar-refractivity contribution < 1.29 is 9.90 Å². The van der Waals surface area contributed by atoms with E-state index in [-0.39, 0.29) is 0 Å². The Balaban J connectivity index is 1.95. The molecule has 0 aromatic carbocycles. The molecule has 0 spiro atoms. The molecule has 1 aliphatic carbocycles. The van der Waals surface area contributed by atoms with Gasteiger partial charge in [0.15, 0.2) is 0 Å². The van der Waals surface area contributed by atoms with E-state index in [2.05, 4.69) is 24.1 Å². The molecule has 1 saturated carbocycles. The van der Waals surface area contributed by atoms with Crippen LogP contribution in [0.1, 0.15) is 40.0 Å². The molecule has 17 heavy (non-hydrogen) atoms. The molecule has 1 unspecified atom stereocenters. The second-order valence-corrected chi connectivity index (χ2v) is 6.68. The lowest BCUT2D eigenvalue weighted by Gasteiger charge is -2.31. The predicted octanol–water partition coefficient (Wildman–Crippen LogP) is 1.31. The van der Waals surface area contributed by atoms with Gasteiger partial charge in [0.2, 0.25) is 0 Å². The third-order valence-electron chi connectivity index (χ3n) is 3.87. The van der Waals surface area contributed by atoms with E-state index in [0.717, 1.165) is 32.4 Å². The van der Waals surface area contributed by atoms with Gasteiger partial charge in [-0.15, -0.1) is 0 Å². The Morgan fingerprint density at radius 3 is 2.59 bits per heavy atom. The standard InChI is InChI=1S/C13H24N2O2/c1-12(2)6-7-15(8-12)9-13(3,11(16)17)14-10-4-5-10/h10,14H,4-9H2,1-3H3,(H,16,17). The zero-order valence-corrected chi connectivity index (χ0v) is 11.1. The van der Waals surface area contributed by atoms with Crippen LogP contribution in [0.5, 0.6) is 0 Å². The summed E-state index contributed by atoms with van der Waals surface area (Å²) in [4.78, 5) is 13.7. The van der Waals surface area contributed by atoms with Crippen molar-refractivity contribution in [1.82, 2.24) is 10.2 Å². The molecular formula is C13H24N2O2. The minimum absolute atomic E-state index is 0.332. The molecule has 0 radical (unpaired) electrons. The van der Waals surface area contributed by atoms with Crippen molar-refractivity contribution in [2.24, 2.45) is 5.41 Å². The van der Waals surface area contributed by atoms with Crippen molar-refractivity contribution in [2.75, 3.05) is 19.6 Å². The lowest BCUT2D eigenvalue weighted by molar-refractivity contribution is -0.145. The minimum atomic E-state index is -0.790. The number of carbonyl (C=O) groups is 1. The minimum Gasteiger partial charge on any atom is -0.480 e. The Labute approximate surface area is 103 Å². The van der Waals surface area contributed by atoms with Crippen LogP contribution < -0.4 is 5.32 Å². The van der Waals surface area contributed by atoms with E-state index in [1.165, 1.54) is 0 Å². The van der Waals surface area contributed by atoms with Gasteiger partial charge in [-0.05, 0) is 38.1 Å². The number of rotatable bonds is 5. The molecular weight excluding hydrogens is 216 g/mol. The first kappa shape index (κ1) is 12.8. The highest BCUT2D eigenvalue weighted by Crippen LogP contribution is 2.30. The van der Waals surface area contributed by atoms with Crippen molar-refractivity contribution in [2.45, 2.75) is 51.6 Å². The van der Waals surface area contributed by atoms with Crippen molar-refractivity contribution in [1.29, 1.82) is 0 Å². The first-order valence-electron chi connectivity index (χ1n) is 6.54. The summed E-state index contributed by atoms with van der Waals surface area (Å²) in [6.07, 6.45) is 3.40. The fourth-order valence-corrected chi connectivity index (χ4v) is 2.66. The van der Waals surface area contributed by atoms with Gasteiger partial charge in [0.05, 0.1) is 0 Å². The maximum atomic E-state index is 11.4. The van der Waals surface area contributed by atoms with Gasteiger partial charge in [-0.3, -0.25) is 10.1 Å². The smallest absolute Gasteiger partial charge is 0.324 e. The Morgan fingerprint density at radius 1 is 1.53 bits per heavy atom. The van der Waals surface area contributed by atoms with Gasteiger partial charge in [-0.2, -0.15) is 0 Å². The average Bonchev–Trinajstić information content (AvgIpc) is 2.91. The summed E-state index contributed by atoms with van der Waals surface area (Å²) < 4.78 is 0. The van der Waals surface area contributed by atoms with Gasteiger partial charge >= 0.3 is 5.97 Å². The van der Waals surface area contributed by atoms with E-state index in [1.54, 1.807) is 0 Å². The number of aliphatic carboxylic acids is 1. The van der Waals surface area contributed by atoms with Crippen LogP contribution in [0, 0.1) is 5.41 Å². The number of nitrogens with one attached hydrogen (secondary N) is 1. The Morgan fingerprint density at radius 2 is 2.18 bits per heavy atom. The summed E-state index contributed by atoms with van der Waals surface area (Å²) in [5.41, 5.74) is -0.458. The highest BCUT2D eigenvalue weighted by Gasteiger charge is 2.42. The number of hydrogen-bond acceptors (Lipinski definition) is 3. The molecule has 0 aromatic rings. The largest absolute Gasteiger partial charge is 0.480 e. The summed E-state index contributed by atoms with van der Waals surface area (Å²) in [5, 5.41) is 12.7. The van der Waals surface area contributed by atoms with E-state index < -0.39 is 11.5 Å². The summed E-state index contributed by atoms with van der Waals surface area (Å²) in [6, 6.07) is 0.423. The summed E-state index contributed by atoms with van der Waals surface area (Å²) >= 11 is 0. The predicted molar refractivity (Wildman–Crippen MR) is 67.0 cm³/mol. The van der Waals surface area contributed by atoms with Gasteiger partial charge < -0.3 is 10.0 Å². The van der Waals surface area contributed by atoms with Crippen LogP contribution in [0.3, 0.4) is 0 Å². The van der Waals surface area contributed by atoms with E-state index in [4.69, 9.17) is 0 Å². The highest BCUT2D eigenvalue weighted by atomic mass is 16.4. The maximum Gasteiger partial charge on any atom is 0.324 e. The van der Waals surface area contributed by atoms with Crippen LogP contribution in [0.25, 0.3) is 0 Å². The molecule has 2 aliphatic rings. The van der Waals surface area contributed by atoms with Gasteiger partial charge in [0.1, 0.15) is 5.54 Å². The number of carboxylic acid groups (broad SMARTS) is 1. The third-order valence-corrected chi connectivity index (χ3v) is 3.87. The number of likely N-dealkylation sites (tertiary alicyclic amines) is 1. The Bertz CT molecular complexity index is 313. The molecule has 0 amide bonds. The van der Waals surface area contributed by atoms with Crippen LogP contribution in [0.2, 0.25) is 0 Å². The van der Waals surface area contributed by atoms with E-state index >= 15 is 0 Å². The van der Waals surface area contributed by atoms with Gasteiger partial charge in [-0.1, -0.05) is 13.8 Å². The van der Waals surface area contributed by atoms with E-state index in [1.807, 2.05) is 6.92 Å². The molecule has 4 nitrogen and oxygen atoms in total. The maximum absolute atomic E-state index is 11.4. The van der Waals surface area contributed by atoms with Gasteiger partial charge in [-0.25, -0.2) is 0 Å². The van der Waals surface area contributed by atoms with Crippen LogP contribution in [-0.2, 0) is 4.79 Å². The van der Waals surface area contributed by atoms with E-state index in [9.17, 15) is 9.90 Å². The first-order chi connectivity index (χ1) is 7.81. The second kappa shape index (κ2) is 4.25. The van der Waals surface area contributed by atoms with Crippen molar-refractivity contribution >= 4 is 5.97 Å². The molecule has 1 heterocycles. The van der Waals surface area contributed by atoms with E-state index in [0.29, 0.717) is 18.0 Å². The molecule has 2 fully saturated rings. The monoisotopic (exact) mass is 240 g/mol. The second-order valence-electron chi connectivity index (χ2n) is 6.68. The fraction of sp³-hybridized carbons (Fsp3) is 0.923. The van der Waals surface area contributed by atoms with Crippen molar-refractivity contribution in [3.05, 3.63) is 0 Å². The highest BCUT2D eigenvalue weighted by molar-refractivity contribution is 5.78. The molecule has 1 atom stereocenters. The lowest BCUT2D eigenvalue weighted by Crippen LogP contribution is -2.57. The molecule has 4 heteroatoms. The summed E-state index contributed by atoms with van der Waals surface area (Å²) in [6.45, 7) is 8.95. The molecule has 2 N–H and O–H groups in total. The third kappa shape index (κ3) is 3.19. The normalized spacial score (nSPS) is 27.9. The molecule has 1 saturated heterocycles. The molecule has 1 aliphatic heterocycles. The SMILES string of the molecule is CC1(C)CCN(CC(C)(NC2CC2)C(=O)O)C1. The Hall–Kier alpha value is -0.610. The quantitative estimate of drug-likeness (QED) is 0.761. The number of carboxylic acids is 1. The molecule has 0 bridgehead atoms. The molecule has 0 aromatic heterocycles. The van der Waals surface area contributed by atoms with Crippen LogP contribution in [0.4, 0.5) is 0 Å². The average molecular weight is 240 g/mol. The fourth-order valence-electron chi connectivity index (χ4n) is 2.66. The number of hydrogen-bond donors (Lipinski definition) is 2. The van der Waals surface area contributed by atoms with Crippen molar-refractivity contribution in [3.8, 4) is 0 Å². The topological polar surface area (TPSA) is 52.6 Å². The summed E-state index contributed by atoms with van der Waals surface area (Å²) in [5.74, 6) is -0.728.